The Morgan fingerprint density at radius 2 is 1.92 bits per heavy atom. The third-order valence-electron chi connectivity index (χ3n) is 2.31. The topological polar surface area (TPSA) is 12.0 Å². The van der Waals surface area contributed by atoms with Gasteiger partial charge in [0.05, 0.1) is 0 Å². The first kappa shape index (κ1) is 10.2. The normalized spacial score (nSPS) is 17.9. The summed E-state index contributed by atoms with van der Waals surface area (Å²) in [6.07, 6.45) is 10.7. The lowest BCUT2D eigenvalue weighted by molar-refractivity contribution is 1.23. The van der Waals surface area contributed by atoms with Crippen LogP contribution in [0.4, 0.5) is 0 Å². The van der Waals surface area contributed by atoms with Gasteiger partial charge in [-0.2, -0.15) is 0 Å². The second kappa shape index (κ2) is 4.99. The van der Waals surface area contributed by atoms with Gasteiger partial charge in [0.2, 0.25) is 0 Å². The van der Waals surface area contributed by atoms with E-state index in [0.717, 1.165) is 0 Å². The van der Waals surface area contributed by atoms with Gasteiger partial charge in [0, 0.05) is 0 Å². The van der Waals surface area contributed by atoms with E-state index in [-0.39, 0.29) is 9.68 Å². The van der Waals surface area contributed by atoms with Crippen molar-refractivity contribution in [1.82, 2.24) is 4.98 Å². The summed E-state index contributed by atoms with van der Waals surface area (Å²) >= 11 is 0. The van der Waals surface area contributed by atoms with Crippen LogP contribution in [0.5, 0.6) is 0 Å². The molecule has 0 saturated heterocycles. The highest BCUT2D eigenvalue weighted by Crippen LogP contribution is 2.15. The minimum atomic E-state index is -0.273. The SMILES string of the molecule is CN[SiH2]C1=C(C)C(C)=CC=CC=C1. The molecule has 1 aliphatic rings. The van der Waals surface area contributed by atoms with E-state index in [1.165, 1.54) is 16.3 Å². The van der Waals surface area contributed by atoms with Crippen LogP contribution in [0.25, 0.3) is 0 Å². The molecule has 1 rings (SSSR count). The van der Waals surface area contributed by atoms with Crippen LogP contribution in [0.15, 0.2) is 46.7 Å². The molecule has 0 aromatic heterocycles. The van der Waals surface area contributed by atoms with Crippen molar-refractivity contribution in [3.05, 3.63) is 46.7 Å². The summed E-state index contributed by atoms with van der Waals surface area (Å²) in [6.45, 7) is 4.37. The summed E-state index contributed by atoms with van der Waals surface area (Å²) in [4.78, 5) is 3.32. The fourth-order valence-electron chi connectivity index (χ4n) is 1.32. The smallest absolute Gasteiger partial charge is 0.124 e. The van der Waals surface area contributed by atoms with E-state index in [1.807, 2.05) is 7.05 Å². The minimum absolute atomic E-state index is 0.273. The molecule has 0 saturated carbocycles. The highest BCUT2D eigenvalue weighted by atomic mass is 28.2. The Morgan fingerprint density at radius 3 is 2.62 bits per heavy atom. The Morgan fingerprint density at radius 1 is 1.15 bits per heavy atom. The van der Waals surface area contributed by atoms with Crippen molar-refractivity contribution in [2.75, 3.05) is 7.05 Å². The fraction of sp³-hybridized carbons (Fsp3) is 0.273. The van der Waals surface area contributed by atoms with Crippen molar-refractivity contribution in [3.8, 4) is 0 Å². The molecule has 1 aliphatic carbocycles. The van der Waals surface area contributed by atoms with Crippen molar-refractivity contribution >= 4 is 9.68 Å². The van der Waals surface area contributed by atoms with E-state index in [1.54, 1.807) is 0 Å². The van der Waals surface area contributed by atoms with Gasteiger partial charge in [0.25, 0.3) is 0 Å². The zero-order chi connectivity index (χ0) is 9.68. The largest absolute Gasteiger partial charge is 0.341 e. The second-order valence-corrected chi connectivity index (χ2v) is 5.10. The molecule has 0 aliphatic heterocycles. The monoisotopic (exact) mass is 191 g/mol. The lowest BCUT2D eigenvalue weighted by atomic mass is 10.1. The molecule has 0 aromatic rings. The summed E-state index contributed by atoms with van der Waals surface area (Å²) in [5.41, 5.74) is 2.81. The average molecular weight is 191 g/mol. The summed E-state index contributed by atoms with van der Waals surface area (Å²) in [5, 5.41) is 1.50. The first-order chi connectivity index (χ1) is 6.25. The summed E-state index contributed by atoms with van der Waals surface area (Å²) < 4.78 is 0. The third kappa shape index (κ3) is 2.83. The fourth-order valence-corrected chi connectivity index (χ4v) is 2.50. The van der Waals surface area contributed by atoms with Gasteiger partial charge in [-0.1, -0.05) is 30.4 Å². The molecule has 0 bridgehead atoms. The van der Waals surface area contributed by atoms with Crippen LogP contribution in [0, 0.1) is 0 Å². The van der Waals surface area contributed by atoms with E-state index < -0.39 is 0 Å². The quantitative estimate of drug-likeness (QED) is 0.654. The standard InChI is InChI=1S/C11H17NSi/c1-9-7-5-4-6-8-11(10(9)2)13-12-3/h4-8,12H,13H2,1-3H3. The number of hydrogen-bond donors (Lipinski definition) is 1. The van der Waals surface area contributed by atoms with E-state index in [0.29, 0.717) is 0 Å². The van der Waals surface area contributed by atoms with E-state index in [4.69, 9.17) is 0 Å². The Bertz CT molecular complexity index is 295. The van der Waals surface area contributed by atoms with Crippen molar-refractivity contribution in [1.29, 1.82) is 0 Å². The van der Waals surface area contributed by atoms with Crippen LogP contribution in [0.3, 0.4) is 0 Å². The number of allylic oxidation sites excluding steroid dienone is 8. The van der Waals surface area contributed by atoms with Gasteiger partial charge in [0.1, 0.15) is 9.68 Å². The molecule has 1 nitrogen and oxygen atoms in total. The molecule has 13 heavy (non-hydrogen) atoms. The average Bonchev–Trinajstić information content (AvgIpc) is 2.12. The molecule has 1 N–H and O–H groups in total. The molecule has 0 spiro atoms. The van der Waals surface area contributed by atoms with Crippen LogP contribution < -0.4 is 4.98 Å². The molecule has 70 valence electrons. The maximum Gasteiger partial charge on any atom is 0.124 e. The molecule has 0 heterocycles. The highest BCUT2D eigenvalue weighted by molar-refractivity contribution is 6.44. The maximum atomic E-state index is 3.32. The van der Waals surface area contributed by atoms with Crippen molar-refractivity contribution in [3.63, 3.8) is 0 Å². The van der Waals surface area contributed by atoms with Gasteiger partial charge in [-0.05, 0) is 37.2 Å². The molecule has 0 fully saturated rings. The summed E-state index contributed by atoms with van der Waals surface area (Å²) in [6, 6.07) is 0. The van der Waals surface area contributed by atoms with Crippen LogP contribution in [-0.2, 0) is 0 Å². The predicted octanol–water partition coefficient (Wildman–Crippen LogP) is 1.64. The molecule has 0 amide bonds. The molecule has 0 atom stereocenters. The van der Waals surface area contributed by atoms with Gasteiger partial charge < -0.3 is 4.98 Å². The number of rotatable bonds is 2. The molecule has 0 unspecified atom stereocenters. The molecule has 0 radical (unpaired) electrons. The second-order valence-electron chi connectivity index (χ2n) is 3.27. The first-order valence-corrected chi connectivity index (χ1v) is 6.03. The third-order valence-corrected chi connectivity index (χ3v) is 3.81. The van der Waals surface area contributed by atoms with Crippen LogP contribution >= 0.6 is 0 Å². The van der Waals surface area contributed by atoms with Gasteiger partial charge in [-0.15, -0.1) is 0 Å². The highest BCUT2D eigenvalue weighted by Gasteiger charge is 2.01. The lowest BCUT2D eigenvalue weighted by Gasteiger charge is -2.09. The molecular formula is C11H17NSi. The number of nitrogens with one attached hydrogen (secondary N) is 1. The maximum absolute atomic E-state index is 3.32. The lowest BCUT2D eigenvalue weighted by Crippen LogP contribution is -2.16. The molecule has 0 aromatic carbocycles. The summed E-state index contributed by atoms with van der Waals surface area (Å²) in [5.74, 6) is 0. The van der Waals surface area contributed by atoms with Gasteiger partial charge >= 0.3 is 0 Å². The Hall–Kier alpha value is -0.863. The minimum Gasteiger partial charge on any atom is -0.341 e. The Kier molecular flexibility index (Phi) is 3.93. The zero-order valence-electron chi connectivity index (χ0n) is 8.59. The van der Waals surface area contributed by atoms with E-state index in [9.17, 15) is 0 Å². The molecule has 2 heteroatoms. The van der Waals surface area contributed by atoms with E-state index >= 15 is 0 Å². The van der Waals surface area contributed by atoms with Crippen molar-refractivity contribution in [2.24, 2.45) is 0 Å². The Balaban J connectivity index is 2.98. The van der Waals surface area contributed by atoms with Crippen LogP contribution in [0.1, 0.15) is 13.8 Å². The first-order valence-electron chi connectivity index (χ1n) is 4.62. The zero-order valence-corrected chi connectivity index (χ0v) is 10.0. The van der Waals surface area contributed by atoms with Gasteiger partial charge in [-0.3, -0.25) is 0 Å². The van der Waals surface area contributed by atoms with Crippen molar-refractivity contribution in [2.45, 2.75) is 13.8 Å². The van der Waals surface area contributed by atoms with Crippen molar-refractivity contribution < 1.29 is 0 Å². The molecular weight excluding hydrogens is 174 g/mol. The van der Waals surface area contributed by atoms with Crippen LogP contribution in [0.2, 0.25) is 0 Å². The van der Waals surface area contributed by atoms with Gasteiger partial charge in [0.15, 0.2) is 0 Å². The van der Waals surface area contributed by atoms with E-state index in [2.05, 4.69) is 49.2 Å². The van der Waals surface area contributed by atoms with Crippen LogP contribution in [-0.4, -0.2) is 16.7 Å². The summed E-state index contributed by atoms with van der Waals surface area (Å²) in [7, 11) is 1.76. The van der Waals surface area contributed by atoms with Gasteiger partial charge in [-0.25, -0.2) is 0 Å². The predicted molar refractivity (Wildman–Crippen MR) is 62.3 cm³/mol. The Labute approximate surface area is 82.8 Å². The number of hydrogen-bond acceptors (Lipinski definition) is 1.